The van der Waals surface area contributed by atoms with Crippen molar-refractivity contribution < 1.29 is 14.3 Å². The summed E-state index contributed by atoms with van der Waals surface area (Å²) in [5.74, 6) is 0.393. The molecule has 0 fully saturated rings. The number of nitrogens with zero attached hydrogens (tertiary/aromatic N) is 1. The molecule has 0 saturated heterocycles. The number of para-hydroxylation sites is 1. The minimum atomic E-state index is -0.702. The van der Waals surface area contributed by atoms with E-state index in [1.165, 1.54) is 4.90 Å². The van der Waals surface area contributed by atoms with Crippen LogP contribution in [0.5, 0.6) is 5.75 Å². The van der Waals surface area contributed by atoms with Gasteiger partial charge in [0.05, 0.1) is 0 Å². The SMILES string of the molecule is CC[C@H](C)NC(=O)[C@@H](C)N(Cc1ccc(Cl)cc1Cl)C(=O)COc1ccccc1C(C)C. The maximum Gasteiger partial charge on any atom is 0.261 e. The normalized spacial score (nSPS) is 12.9. The van der Waals surface area contributed by atoms with Crippen LogP contribution in [0.2, 0.25) is 10.0 Å². The van der Waals surface area contributed by atoms with Gasteiger partial charge in [-0.05, 0) is 55.5 Å². The first-order valence-electron chi connectivity index (χ1n) is 10.9. The van der Waals surface area contributed by atoms with Gasteiger partial charge in [0, 0.05) is 22.6 Å². The second kappa shape index (κ2) is 12.1. The van der Waals surface area contributed by atoms with Crippen molar-refractivity contribution >= 4 is 35.0 Å². The second-order valence-corrected chi connectivity index (χ2v) is 9.08. The number of hydrogen-bond acceptors (Lipinski definition) is 3. The van der Waals surface area contributed by atoms with Crippen LogP contribution in [0.4, 0.5) is 0 Å². The molecule has 7 heteroatoms. The first-order valence-corrected chi connectivity index (χ1v) is 11.6. The molecule has 0 saturated carbocycles. The van der Waals surface area contributed by atoms with Gasteiger partial charge >= 0.3 is 0 Å². The lowest BCUT2D eigenvalue weighted by molar-refractivity contribution is -0.142. The van der Waals surface area contributed by atoms with E-state index in [0.717, 1.165) is 12.0 Å². The van der Waals surface area contributed by atoms with Crippen LogP contribution in [-0.2, 0) is 16.1 Å². The molecule has 1 N–H and O–H groups in total. The molecule has 0 heterocycles. The van der Waals surface area contributed by atoms with Crippen LogP contribution < -0.4 is 10.1 Å². The number of hydrogen-bond donors (Lipinski definition) is 1. The summed E-state index contributed by atoms with van der Waals surface area (Å²) >= 11 is 12.4. The predicted molar refractivity (Wildman–Crippen MR) is 130 cm³/mol. The molecule has 0 spiro atoms. The quantitative estimate of drug-likeness (QED) is 0.467. The Kier molecular flexibility index (Phi) is 9.85. The molecule has 0 aromatic heterocycles. The number of carbonyl (C=O) groups excluding carboxylic acids is 2. The first-order chi connectivity index (χ1) is 15.1. The monoisotopic (exact) mass is 478 g/mol. The van der Waals surface area contributed by atoms with Crippen LogP contribution in [0.3, 0.4) is 0 Å². The lowest BCUT2D eigenvalue weighted by atomic mass is 10.0. The van der Waals surface area contributed by atoms with Crippen molar-refractivity contribution in [3.8, 4) is 5.75 Å². The highest BCUT2D eigenvalue weighted by Gasteiger charge is 2.28. The molecule has 5 nitrogen and oxygen atoms in total. The van der Waals surface area contributed by atoms with Crippen LogP contribution in [0.25, 0.3) is 0 Å². The number of ether oxygens (including phenoxy) is 1. The molecule has 2 rings (SSSR count). The van der Waals surface area contributed by atoms with Crippen molar-refractivity contribution in [1.82, 2.24) is 10.2 Å². The van der Waals surface area contributed by atoms with E-state index in [9.17, 15) is 9.59 Å². The summed E-state index contributed by atoms with van der Waals surface area (Å²) in [4.78, 5) is 27.5. The molecule has 32 heavy (non-hydrogen) atoms. The molecule has 0 unspecified atom stereocenters. The van der Waals surface area contributed by atoms with E-state index in [1.807, 2.05) is 38.1 Å². The average Bonchev–Trinajstić information content (AvgIpc) is 2.76. The zero-order valence-electron chi connectivity index (χ0n) is 19.3. The maximum absolute atomic E-state index is 13.2. The molecule has 2 aromatic rings. The van der Waals surface area contributed by atoms with E-state index in [1.54, 1.807) is 25.1 Å². The molecule has 0 aliphatic rings. The third-order valence-corrected chi connectivity index (χ3v) is 6.00. The van der Waals surface area contributed by atoms with Gasteiger partial charge in [0.2, 0.25) is 5.91 Å². The van der Waals surface area contributed by atoms with Crippen molar-refractivity contribution in [1.29, 1.82) is 0 Å². The zero-order valence-corrected chi connectivity index (χ0v) is 20.8. The first kappa shape index (κ1) is 26.0. The van der Waals surface area contributed by atoms with Gasteiger partial charge < -0.3 is 15.0 Å². The molecule has 0 aliphatic carbocycles. The van der Waals surface area contributed by atoms with E-state index >= 15 is 0 Å². The number of rotatable bonds is 10. The van der Waals surface area contributed by atoms with Gasteiger partial charge in [0.1, 0.15) is 11.8 Å². The standard InChI is InChI=1S/C25H32Cl2N2O3/c1-6-17(4)28-25(31)18(5)29(14-19-11-12-20(26)13-22(19)27)24(30)15-32-23-10-8-7-9-21(23)16(2)3/h7-13,16-18H,6,14-15H2,1-5H3,(H,28,31)/t17-,18+/m0/s1. The van der Waals surface area contributed by atoms with E-state index in [4.69, 9.17) is 27.9 Å². The zero-order chi connectivity index (χ0) is 23.8. The van der Waals surface area contributed by atoms with E-state index in [-0.39, 0.29) is 36.9 Å². The second-order valence-electron chi connectivity index (χ2n) is 8.23. The molecular formula is C25H32Cl2N2O3. The van der Waals surface area contributed by atoms with Gasteiger partial charge in [-0.1, -0.05) is 68.2 Å². The highest BCUT2D eigenvalue weighted by atomic mass is 35.5. The highest BCUT2D eigenvalue weighted by Crippen LogP contribution is 2.26. The van der Waals surface area contributed by atoms with Gasteiger partial charge in [0.15, 0.2) is 6.61 Å². The lowest BCUT2D eigenvalue weighted by Gasteiger charge is -2.30. The molecule has 2 amide bonds. The topological polar surface area (TPSA) is 58.6 Å². The number of amides is 2. The minimum Gasteiger partial charge on any atom is -0.483 e. The van der Waals surface area contributed by atoms with Crippen molar-refractivity contribution in [2.24, 2.45) is 0 Å². The maximum atomic E-state index is 13.2. The Hall–Kier alpha value is -2.24. The number of nitrogens with one attached hydrogen (secondary N) is 1. The van der Waals surface area contributed by atoms with Crippen molar-refractivity contribution in [3.05, 3.63) is 63.6 Å². The third-order valence-electron chi connectivity index (χ3n) is 5.42. The third kappa shape index (κ3) is 7.14. The Balaban J connectivity index is 2.24. The summed E-state index contributed by atoms with van der Waals surface area (Å²) in [7, 11) is 0. The summed E-state index contributed by atoms with van der Waals surface area (Å²) in [5, 5.41) is 3.89. The van der Waals surface area contributed by atoms with Gasteiger partial charge in [-0.25, -0.2) is 0 Å². The van der Waals surface area contributed by atoms with Crippen LogP contribution in [0, 0.1) is 0 Å². The largest absolute Gasteiger partial charge is 0.483 e. The molecular weight excluding hydrogens is 447 g/mol. The summed E-state index contributed by atoms with van der Waals surface area (Å²) in [6.45, 7) is 9.75. The van der Waals surface area contributed by atoms with Crippen LogP contribution in [0.15, 0.2) is 42.5 Å². The average molecular weight is 479 g/mol. The van der Waals surface area contributed by atoms with Gasteiger partial charge in [-0.3, -0.25) is 9.59 Å². The number of benzene rings is 2. The Morgan fingerprint density at radius 1 is 1.06 bits per heavy atom. The Labute approximate surface area is 201 Å². The highest BCUT2D eigenvalue weighted by molar-refractivity contribution is 6.35. The van der Waals surface area contributed by atoms with Crippen LogP contribution in [0.1, 0.15) is 58.1 Å². The van der Waals surface area contributed by atoms with Crippen molar-refractivity contribution in [2.45, 2.75) is 65.6 Å². The Morgan fingerprint density at radius 2 is 1.75 bits per heavy atom. The fourth-order valence-corrected chi connectivity index (χ4v) is 3.66. The van der Waals surface area contributed by atoms with Crippen molar-refractivity contribution in [2.75, 3.05) is 6.61 Å². The van der Waals surface area contributed by atoms with E-state index in [2.05, 4.69) is 19.2 Å². The molecule has 2 atom stereocenters. The minimum absolute atomic E-state index is 0.00944. The summed E-state index contributed by atoms with van der Waals surface area (Å²) < 4.78 is 5.88. The molecule has 0 aliphatic heterocycles. The Morgan fingerprint density at radius 3 is 2.38 bits per heavy atom. The van der Waals surface area contributed by atoms with E-state index < -0.39 is 6.04 Å². The molecule has 2 aromatic carbocycles. The molecule has 174 valence electrons. The fraction of sp³-hybridized carbons (Fsp3) is 0.440. The number of halogens is 2. The lowest BCUT2D eigenvalue weighted by Crippen LogP contribution is -2.50. The molecule has 0 radical (unpaired) electrons. The van der Waals surface area contributed by atoms with Gasteiger partial charge in [-0.15, -0.1) is 0 Å². The van der Waals surface area contributed by atoms with Crippen molar-refractivity contribution in [3.63, 3.8) is 0 Å². The number of carbonyl (C=O) groups is 2. The summed E-state index contributed by atoms with van der Waals surface area (Å²) in [6, 6.07) is 12.1. The van der Waals surface area contributed by atoms with Crippen LogP contribution in [-0.4, -0.2) is 35.4 Å². The fourth-order valence-electron chi connectivity index (χ4n) is 3.19. The van der Waals surface area contributed by atoms with E-state index in [0.29, 0.717) is 21.4 Å². The molecule has 0 bridgehead atoms. The predicted octanol–water partition coefficient (Wildman–Crippen LogP) is 5.83. The summed E-state index contributed by atoms with van der Waals surface area (Å²) in [6.07, 6.45) is 0.796. The van der Waals surface area contributed by atoms with Gasteiger partial charge in [0.25, 0.3) is 5.91 Å². The smallest absolute Gasteiger partial charge is 0.261 e. The van der Waals surface area contributed by atoms with Gasteiger partial charge in [-0.2, -0.15) is 0 Å². The summed E-state index contributed by atoms with van der Waals surface area (Å²) in [5.41, 5.74) is 1.73. The van der Waals surface area contributed by atoms with Crippen LogP contribution >= 0.6 is 23.2 Å². The Bertz CT molecular complexity index is 933.